The number of aryl methyl sites for hydroxylation is 1. The molecule has 1 N–H and O–H groups in total. The molecule has 6 heteroatoms. The zero-order valence-corrected chi connectivity index (χ0v) is 19.1. The third-order valence-corrected chi connectivity index (χ3v) is 6.29. The second-order valence-electron chi connectivity index (χ2n) is 7.51. The molecule has 1 atom stereocenters. The number of nitrogens with zero attached hydrogens (tertiary/aromatic N) is 1. The quantitative estimate of drug-likeness (QED) is 0.361. The third-order valence-electron chi connectivity index (χ3n) is 5.34. The first-order chi connectivity index (χ1) is 14.3. The number of anilines is 1. The summed E-state index contributed by atoms with van der Waals surface area (Å²) in [5.74, 6) is -0.815. The van der Waals surface area contributed by atoms with Crippen molar-refractivity contribution in [1.82, 2.24) is 0 Å². The number of hydrogen-bond donors (Lipinski definition) is 1. The van der Waals surface area contributed by atoms with Crippen molar-refractivity contribution in [2.24, 2.45) is 0 Å². The van der Waals surface area contributed by atoms with Gasteiger partial charge in [-0.25, -0.2) is 0 Å². The van der Waals surface area contributed by atoms with E-state index in [4.69, 9.17) is 11.6 Å². The van der Waals surface area contributed by atoms with Crippen molar-refractivity contribution in [2.75, 3.05) is 4.90 Å². The number of amides is 1. The van der Waals surface area contributed by atoms with Crippen LogP contribution in [0.15, 0.2) is 66.7 Å². The SMILES string of the molecule is Cc1ccc(CN2C(=O)[C@@](O)(CC(=O)c3ccc(I)cc3)c3cc(Cl)ccc32)cc1. The molecule has 0 unspecified atom stereocenters. The van der Waals surface area contributed by atoms with Crippen molar-refractivity contribution in [1.29, 1.82) is 0 Å². The van der Waals surface area contributed by atoms with E-state index < -0.39 is 11.5 Å². The van der Waals surface area contributed by atoms with Crippen molar-refractivity contribution >= 4 is 51.6 Å². The summed E-state index contributed by atoms with van der Waals surface area (Å²) >= 11 is 8.33. The van der Waals surface area contributed by atoms with Crippen LogP contribution in [0.25, 0.3) is 0 Å². The smallest absolute Gasteiger partial charge is 0.264 e. The van der Waals surface area contributed by atoms with E-state index in [0.717, 1.165) is 14.7 Å². The summed E-state index contributed by atoms with van der Waals surface area (Å²) in [6.45, 7) is 2.30. The standard InChI is InChI=1S/C24H19ClINO3/c1-15-2-4-16(5-3-15)14-27-21-11-8-18(25)12-20(21)24(30,23(27)29)13-22(28)17-6-9-19(26)10-7-17/h2-12,30H,13-14H2,1H3/t24-/m1/s1. The van der Waals surface area contributed by atoms with Crippen LogP contribution in [-0.2, 0) is 16.9 Å². The van der Waals surface area contributed by atoms with Gasteiger partial charge in [-0.15, -0.1) is 0 Å². The molecule has 0 fully saturated rings. The van der Waals surface area contributed by atoms with Gasteiger partial charge in [-0.05, 0) is 65.4 Å². The van der Waals surface area contributed by atoms with Gasteiger partial charge >= 0.3 is 0 Å². The predicted molar refractivity (Wildman–Crippen MR) is 126 cm³/mol. The van der Waals surface area contributed by atoms with Crippen LogP contribution in [0.3, 0.4) is 0 Å². The number of Topliss-reactive ketones (excluding diaryl/α,β-unsaturated/α-hetero) is 1. The molecule has 152 valence electrons. The Morgan fingerprint density at radius 3 is 2.40 bits per heavy atom. The molecule has 0 saturated carbocycles. The lowest BCUT2D eigenvalue weighted by molar-refractivity contribution is -0.136. The Labute approximate surface area is 193 Å². The van der Waals surface area contributed by atoms with Gasteiger partial charge in [0.2, 0.25) is 0 Å². The van der Waals surface area contributed by atoms with E-state index in [1.54, 1.807) is 30.3 Å². The third kappa shape index (κ3) is 3.89. The molecule has 1 heterocycles. The van der Waals surface area contributed by atoms with Crippen LogP contribution < -0.4 is 4.90 Å². The van der Waals surface area contributed by atoms with Crippen molar-refractivity contribution in [2.45, 2.75) is 25.5 Å². The average Bonchev–Trinajstić information content (AvgIpc) is 2.91. The Morgan fingerprint density at radius 2 is 1.73 bits per heavy atom. The maximum Gasteiger partial charge on any atom is 0.264 e. The van der Waals surface area contributed by atoms with Gasteiger partial charge in [-0.2, -0.15) is 0 Å². The minimum absolute atomic E-state index is 0.299. The number of aliphatic hydroxyl groups is 1. The number of fused-ring (bicyclic) bond motifs is 1. The lowest BCUT2D eigenvalue weighted by Gasteiger charge is -2.23. The highest BCUT2D eigenvalue weighted by molar-refractivity contribution is 14.1. The fraction of sp³-hybridized carbons (Fsp3) is 0.167. The molecule has 30 heavy (non-hydrogen) atoms. The molecule has 1 amide bonds. The molecule has 1 aliphatic heterocycles. The van der Waals surface area contributed by atoms with Gasteiger partial charge in [0.15, 0.2) is 11.4 Å². The summed E-state index contributed by atoms with van der Waals surface area (Å²) in [6.07, 6.45) is -0.343. The first-order valence-electron chi connectivity index (χ1n) is 9.46. The van der Waals surface area contributed by atoms with E-state index in [0.29, 0.717) is 28.4 Å². The fourth-order valence-corrected chi connectivity index (χ4v) is 4.23. The molecule has 0 aliphatic carbocycles. The summed E-state index contributed by atoms with van der Waals surface area (Å²) in [5, 5.41) is 11.8. The summed E-state index contributed by atoms with van der Waals surface area (Å²) in [4.78, 5) is 27.8. The Kier molecular flexibility index (Phi) is 5.70. The van der Waals surface area contributed by atoms with Gasteiger partial charge in [-0.3, -0.25) is 9.59 Å². The molecular formula is C24H19ClINO3. The topological polar surface area (TPSA) is 57.6 Å². The van der Waals surface area contributed by atoms with E-state index in [1.807, 2.05) is 43.3 Å². The van der Waals surface area contributed by atoms with Crippen LogP contribution in [0.5, 0.6) is 0 Å². The monoisotopic (exact) mass is 531 g/mol. The Balaban J connectivity index is 1.70. The molecule has 0 saturated heterocycles. The molecule has 1 aliphatic rings. The van der Waals surface area contributed by atoms with Crippen molar-refractivity contribution < 1.29 is 14.7 Å². The maximum atomic E-state index is 13.4. The molecule has 0 aromatic heterocycles. The predicted octanol–water partition coefficient (Wildman–Crippen LogP) is 5.26. The van der Waals surface area contributed by atoms with E-state index in [2.05, 4.69) is 22.6 Å². The fourth-order valence-electron chi connectivity index (χ4n) is 3.70. The van der Waals surface area contributed by atoms with Gasteiger partial charge in [-0.1, -0.05) is 53.6 Å². The zero-order chi connectivity index (χ0) is 21.5. The Hall–Kier alpha value is -2.22. The molecular weight excluding hydrogens is 513 g/mol. The second-order valence-corrected chi connectivity index (χ2v) is 9.19. The van der Waals surface area contributed by atoms with Crippen LogP contribution in [0.4, 0.5) is 5.69 Å². The van der Waals surface area contributed by atoms with Crippen molar-refractivity contribution in [3.8, 4) is 0 Å². The molecule has 0 bridgehead atoms. The van der Waals surface area contributed by atoms with Crippen LogP contribution in [0, 0.1) is 10.5 Å². The van der Waals surface area contributed by atoms with Gasteiger partial charge in [0, 0.05) is 19.7 Å². The number of hydrogen-bond acceptors (Lipinski definition) is 3. The lowest BCUT2D eigenvalue weighted by Crippen LogP contribution is -2.41. The average molecular weight is 532 g/mol. The van der Waals surface area contributed by atoms with E-state index in [9.17, 15) is 14.7 Å². The second kappa shape index (κ2) is 8.13. The molecule has 3 aromatic carbocycles. The highest BCUT2D eigenvalue weighted by atomic mass is 127. The van der Waals surface area contributed by atoms with Crippen molar-refractivity contribution in [3.63, 3.8) is 0 Å². The largest absolute Gasteiger partial charge is 0.375 e. The number of carbonyl (C=O) groups excluding carboxylic acids is 2. The summed E-state index contributed by atoms with van der Waals surface area (Å²) in [6, 6.07) is 19.9. The molecule has 3 aromatic rings. The molecule has 4 rings (SSSR count). The first-order valence-corrected chi connectivity index (χ1v) is 10.9. The number of halogens is 2. The number of rotatable bonds is 5. The van der Waals surface area contributed by atoms with E-state index in [-0.39, 0.29) is 12.2 Å². The van der Waals surface area contributed by atoms with Crippen LogP contribution in [0.1, 0.15) is 33.5 Å². The maximum absolute atomic E-state index is 13.4. The number of benzene rings is 3. The number of carbonyl (C=O) groups is 2. The van der Waals surface area contributed by atoms with E-state index in [1.165, 1.54) is 4.90 Å². The summed E-state index contributed by atoms with van der Waals surface area (Å²) in [7, 11) is 0. The summed E-state index contributed by atoms with van der Waals surface area (Å²) in [5.41, 5.74) is 1.50. The van der Waals surface area contributed by atoms with Crippen LogP contribution >= 0.6 is 34.2 Å². The Morgan fingerprint density at radius 1 is 1.07 bits per heavy atom. The van der Waals surface area contributed by atoms with Gasteiger partial charge in [0.05, 0.1) is 18.7 Å². The number of ketones is 1. The molecule has 4 nitrogen and oxygen atoms in total. The molecule has 0 radical (unpaired) electrons. The minimum atomic E-state index is -1.95. The minimum Gasteiger partial charge on any atom is -0.375 e. The van der Waals surface area contributed by atoms with Crippen LogP contribution in [-0.4, -0.2) is 16.8 Å². The van der Waals surface area contributed by atoms with Crippen molar-refractivity contribution in [3.05, 3.63) is 97.6 Å². The summed E-state index contributed by atoms with van der Waals surface area (Å²) < 4.78 is 1.00. The van der Waals surface area contributed by atoms with E-state index >= 15 is 0 Å². The first kappa shape index (κ1) is 21.0. The zero-order valence-electron chi connectivity index (χ0n) is 16.2. The Bertz CT molecular complexity index is 1130. The molecule has 0 spiro atoms. The normalized spacial score (nSPS) is 17.9. The lowest BCUT2D eigenvalue weighted by atomic mass is 9.88. The van der Waals surface area contributed by atoms with Gasteiger partial charge in [0.1, 0.15) is 0 Å². The highest BCUT2D eigenvalue weighted by Gasteiger charge is 2.51. The highest BCUT2D eigenvalue weighted by Crippen LogP contribution is 2.44. The van der Waals surface area contributed by atoms with Gasteiger partial charge in [0.25, 0.3) is 5.91 Å². The van der Waals surface area contributed by atoms with Gasteiger partial charge < -0.3 is 10.0 Å². The van der Waals surface area contributed by atoms with Crippen LogP contribution in [0.2, 0.25) is 5.02 Å².